The van der Waals surface area contributed by atoms with E-state index >= 15 is 0 Å². The number of aromatic nitrogens is 2. The van der Waals surface area contributed by atoms with Crippen LogP contribution in [0.15, 0.2) is 36.4 Å². The molecule has 1 aliphatic carbocycles. The molecule has 1 fully saturated rings. The number of amides is 2. The van der Waals surface area contributed by atoms with Crippen LogP contribution in [-0.2, 0) is 0 Å². The Morgan fingerprint density at radius 1 is 0.700 bits per heavy atom. The molecule has 3 rings (SSSR count). The van der Waals surface area contributed by atoms with Crippen molar-refractivity contribution in [3.8, 4) is 0 Å². The second kappa shape index (κ2) is 9.12. The molecule has 2 amide bonds. The highest BCUT2D eigenvalue weighted by atomic mass is 16.4. The lowest BCUT2D eigenvalue weighted by molar-refractivity contribution is 0.0678. The highest BCUT2D eigenvalue weighted by Gasteiger charge is 2.29. The number of nitrogens with one attached hydrogen (secondary N) is 2. The molecule has 0 aromatic carbocycles. The number of carboxylic acid groups (broad SMARTS) is 2. The van der Waals surface area contributed by atoms with Crippen molar-refractivity contribution in [2.24, 2.45) is 0 Å². The molecule has 0 aliphatic heterocycles. The second-order valence-electron chi connectivity index (χ2n) is 6.87. The molecule has 2 atom stereocenters. The van der Waals surface area contributed by atoms with Gasteiger partial charge in [0.2, 0.25) is 0 Å². The van der Waals surface area contributed by atoms with Crippen LogP contribution in [0.2, 0.25) is 0 Å². The van der Waals surface area contributed by atoms with Crippen molar-refractivity contribution in [1.29, 1.82) is 0 Å². The van der Waals surface area contributed by atoms with Crippen LogP contribution in [0.4, 0.5) is 0 Å². The predicted octanol–water partition coefficient (Wildman–Crippen LogP) is 1.34. The summed E-state index contributed by atoms with van der Waals surface area (Å²) in [7, 11) is 0. The van der Waals surface area contributed by atoms with Crippen molar-refractivity contribution in [1.82, 2.24) is 20.6 Å². The van der Waals surface area contributed by atoms with Crippen molar-refractivity contribution in [3.63, 3.8) is 0 Å². The summed E-state index contributed by atoms with van der Waals surface area (Å²) in [6.45, 7) is 0. The lowest BCUT2D eigenvalue weighted by atomic mass is 9.90. The van der Waals surface area contributed by atoms with Crippen molar-refractivity contribution < 1.29 is 29.4 Å². The maximum Gasteiger partial charge on any atom is 0.354 e. The Bertz CT molecular complexity index is 913. The summed E-state index contributed by atoms with van der Waals surface area (Å²) in [5.41, 5.74) is -0.524. The topological polar surface area (TPSA) is 159 Å². The number of pyridine rings is 2. The SMILES string of the molecule is O=C(O)c1cccc(C(=O)N[C@H]2CCCC[C@@H]2NC(=O)c2cccc(C(=O)O)n2)n1. The Hall–Kier alpha value is -3.82. The van der Waals surface area contributed by atoms with E-state index in [1.807, 2.05) is 0 Å². The molecular weight excluding hydrogens is 392 g/mol. The van der Waals surface area contributed by atoms with Crippen LogP contribution in [0.5, 0.6) is 0 Å². The molecule has 10 heteroatoms. The van der Waals surface area contributed by atoms with E-state index in [1.54, 1.807) is 0 Å². The summed E-state index contributed by atoms with van der Waals surface area (Å²) in [6, 6.07) is 7.53. The van der Waals surface area contributed by atoms with Gasteiger partial charge >= 0.3 is 11.9 Å². The van der Waals surface area contributed by atoms with Crippen LogP contribution in [-0.4, -0.2) is 56.0 Å². The Kier molecular flexibility index (Phi) is 6.35. The highest BCUT2D eigenvalue weighted by molar-refractivity contribution is 5.95. The van der Waals surface area contributed by atoms with Gasteiger partial charge in [0, 0.05) is 12.1 Å². The quantitative estimate of drug-likeness (QED) is 0.553. The van der Waals surface area contributed by atoms with Gasteiger partial charge in [-0.15, -0.1) is 0 Å². The second-order valence-corrected chi connectivity index (χ2v) is 6.87. The first-order valence-electron chi connectivity index (χ1n) is 9.37. The third-order valence-electron chi connectivity index (χ3n) is 4.80. The maximum atomic E-state index is 12.6. The van der Waals surface area contributed by atoms with E-state index < -0.39 is 23.8 Å². The Balaban J connectivity index is 1.70. The van der Waals surface area contributed by atoms with Gasteiger partial charge in [0.05, 0.1) is 0 Å². The van der Waals surface area contributed by atoms with E-state index in [0.29, 0.717) is 12.8 Å². The molecule has 30 heavy (non-hydrogen) atoms. The zero-order chi connectivity index (χ0) is 21.7. The molecular formula is C20H20N4O6. The van der Waals surface area contributed by atoms with Crippen molar-refractivity contribution in [2.75, 3.05) is 0 Å². The first-order chi connectivity index (χ1) is 14.3. The van der Waals surface area contributed by atoms with Crippen molar-refractivity contribution in [2.45, 2.75) is 37.8 Å². The Morgan fingerprint density at radius 3 is 1.43 bits per heavy atom. The van der Waals surface area contributed by atoms with Gasteiger partial charge in [-0.1, -0.05) is 25.0 Å². The molecule has 0 radical (unpaired) electrons. The molecule has 2 heterocycles. The molecule has 1 saturated carbocycles. The molecule has 156 valence electrons. The number of rotatable bonds is 6. The average Bonchev–Trinajstić information content (AvgIpc) is 2.75. The van der Waals surface area contributed by atoms with Crippen molar-refractivity contribution in [3.05, 3.63) is 59.2 Å². The van der Waals surface area contributed by atoms with Crippen molar-refractivity contribution >= 4 is 23.8 Å². The highest BCUT2D eigenvalue weighted by Crippen LogP contribution is 2.19. The number of carboxylic acids is 2. The first kappa shape index (κ1) is 20.9. The molecule has 0 spiro atoms. The molecule has 2 aromatic rings. The number of carbonyl (C=O) groups is 4. The van der Waals surface area contributed by atoms with Crippen LogP contribution in [0.1, 0.15) is 67.6 Å². The van der Waals surface area contributed by atoms with Gasteiger partial charge in [0.1, 0.15) is 22.8 Å². The van der Waals surface area contributed by atoms with Gasteiger partial charge in [-0.3, -0.25) is 9.59 Å². The Labute approximate surface area is 171 Å². The summed E-state index contributed by atoms with van der Waals surface area (Å²) in [6.07, 6.45) is 2.95. The summed E-state index contributed by atoms with van der Waals surface area (Å²) in [5, 5.41) is 23.7. The van der Waals surface area contributed by atoms with E-state index in [2.05, 4.69) is 20.6 Å². The van der Waals surface area contributed by atoms with E-state index in [1.165, 1.54) is 36.4 Å². The predicted molar refractivity (Wildman–Crippen MR) is 103 cm³/mol. The average molecular weight is 412 g/mol. The number of hydrogen-bond donors (Lipinski definition) is 4. The van der Waals surface area contributed by atoms with Crippen LogP contribution < -0.4 is 10.6 Å². The third kappa shape index (κ3) is 4.96. The minimum absolute atomic E-state index is 0.0265. The van der Waals surface area contributed by atoms with Gasteiger partial charge in [0.25, 0.3) is 11.8 Å². The fourth-order valence-corrected chi connectivity index (χ4v) is 3.32. The molecule has 4 N–H and O–H groups in total. The normalized spacial score (nSPS) is 18.3. The summed E-state index contributed by atoms with van der Waals surface area (Å²) < 4.78 is 0. The maximum absolute atomic E-state index is 12.6. The van der Waals surface area contributed by atoms with Crippen LogP contribution in [0.3, 0.4) is 0 Å². The zero-order valence-electron chi connectivity index (χ0n) is 15.9. The standard InChI is InChI=1S/C20H20N4O6/c25-17(13-7-3-9-15(21-13)19(27)28)23-11-5-1-2-6-12(11)24-18(26)14-8-4-10-16(22-14)20(29)30/h3-4,7-12H,1-2,5-6H2,(H,23,25)(H,24,26)(H,27,28)(H,29,30)/t11-,12-/m0/s1. The fourth-order valence-electron chi connectivity index (χ4n) is 3.32. The zero-order valence-corrected chi connectivity index (χ0v) is 15.9. The Morgan fingerprint density at radius 2 is 1.07 bits per heavy atom. The van der Waals surface area contributed by atoms with E-state index in [0.717, 1.165) is 12.8 Å². The van der Waals surface area contributed by atoms with Crippen LogP contribution >= 0.6 is 0 Å². The molecule has 2 aromatic heterocycles. The fraction of sp³-hybridized carbons (Fsp3) is 0.300. The minimum atomic E-state index is -1.23. The number of nitrogens with zero attached hydrogens (tertiary/aromatic N) is 2. The number of carbonyl (C=O) groups excluding carboxylic acids is 2. The first-order valence-corrected chi connectivity index (χ1v) is 9.37. The molecule has 0 bridgehead atoms. The smallest absolute Gasteiger partial charge is 0.354 e. The van der Waals surface area contributed by atoms with E-state index in [9.17, 15) is 19.2 Å². The van der Waals surface area contributed by atoms with Gasteiger partial charge in [0.15, 0.2) is 0 Å². The summed E-state index contributed by atoms with van der Waals surface area (Å²) >= 11 is 0. The number of aromatic carboxylic acids is 2. The summed E-state index contributed by atoms with van der Waals surface area (Å²) in [4.78, 5) is 54.9. The largest absolute Gasteiger partial charge is 0.477 e. The number of hydrogen-bond acceptors (Lipinski definition) is 6. The van der Waals surface area contributed by atoms with E-state index in [-0.39, 0.29) is 34.9 Å². The third-order valence-corrected chi connectivity index (χ3v) is 4.80. The lowest BCUT2D eigenvalue weighted by Gasteiger charge is -2.32. The van der Waals surface area contributed by atoms with Gasteiger partial charge in [-0.2, -0.15) is 0 Å². The van der Waals surface area contributed by atoms with Crippen LogP contribution in [0.25, 0.3) is 0 Å². The van der Waals surface area contributed by atoms with Gasteiger partial charge < -0.3 is 20.8 Å². The van der Waals surface area contributed by atoms with Crippen LogP contribution in [0, 0.1) is 0 Å². The molecule has 0 saturated heterocycles. The lowest BCUT2D eigenvalue weighted by Crippen LogP contribution is -2.53. The molecule has 1 aliphatic rings. The van der Waals surface area contributed by atoms with Gasteiger partial charge in [-0.25, -0.2) is 19.6 Å². The summed E-state index contributed by atoms with van der Waals surface area (Å²) in [5.74, 6) is -3.53. The van der Waals surface area contributed by atoms with E-state index in [4.69, 9.17) is 10.2 Å². The molecule has 10 nitrogen and oxygen atoms in total. The minimum Gasteiger partial charge on any atom is -0.477 e. The molecule has 0 unspecified atom stereocenters. The monoisotopic (exact) mass is 412 g/mol. The van der Waals surface area contributed by atoms with Gasteiger partial charge in [-0.05, 0) is 37.1 Å².